The third kappa shape index (κ3) is 2.33. The molecule has 1 fully saturated rings. The van der Waals surface area contributed by atoms with Crippen molar-refractivity contribution in [2.24, 2.45) is 0 Å². The summed E-state index contributed by atoms with van der Waals surface area (Å²) >= 11 is 1.03. The number of hydrogen-bond acceptors (Lipinski definition) is 4. The van der Waals surface area contributed by atoms with Crippen molar-refractivity contribution >= 4 is 28.4 Å². The standard InChI is InChI=1S/C14H15N3O3S/c1-8-11(14(19)20)13(21-15-8)16(2)12(18)10-4-3-7-17(10)9-5-6-9/h3-4,7,9H,5-6H2,1-2H3,(H,19,20). The Hall–Kier alpha value is -2.15. The third-order valence-corrected chi connectivity index (χ3v) is 4.62. The second-order valence-electron chi connectivity index (χ2n) is 5.15. The number of hydrogen-bond donors (Lipinski definition) is 1. The molecule has 0 atom stereocenters. The molecular formula is C14H15N3O3S. The van der Waals surface area contributed by atoms with Crippen molar-refractivity contribution in [3.8, 4) is 0 Å². The Kier molecular flexibility index (Phi) is 3.29. The molecule has 1 saturated carbocycles. The van der Waals surface area contributed by atoms with Crippen LogP contribution in [0.15, 0.2) is 18.3 Å². The molecule has 0 bridgehead atoms. The highest BCUT2D eigenvalue weighted by Gasteiger charge is 2.30. The lowest BCUT2D eigenvalue weighted by Crippen LogP contribution is -2.28. The van der Waals surface area contributed by atoms with Crippen molar-refractivity contribution in [2.45, 2.75) is 25.8 Å². The topological polar surface area (TPSA) is 75.4 Å². The van der Waals surface area contributed by atoms with Crippen molar-refractivity contribution in [1.82, 2.24) is 8.94 Å². The van der Waals surface area contributed by atoms with Crippen molar-refractivity contribution < 1.29 is 14.7 Å². The Balaban J connectivity index is 1.94. The average molecular weight is 305 g/mol. The lowest BCUT2D eigenvalue weighted by Gasteiger charge is -2.17. The Bertz CT molecular complexity index is 715. The zero-order valence-electron chi connectivity index (χ0n) is 11.7. The predicted octanol–water partition coefficient (Wildman–Crippen LogP) is 2.56. The molecule has 0 saturated heterocycles. The summed E-state index contributed by atoms with van der Waals surface area (Å²) in [6, 6.07) is 4.01. The number of carbonyl (C=O) groups is 2. The van der Waals surface area contributed by atoms with Crippen LogP contribution in [0.1, 0.15) is 45.4 Å². The second-order valence-corrected chi connectivity index (χ2v) is 5.90. The fraction of sp³-hybridized carbons (Fsp3) is 0.357. The first-order chi connectivity index (χ1) is 10.0. The van der Waals surface area contributed by atoms with E-state index >= 15 is 0 Å². The van der Waals surface area contributed by atoms with E-state index in [1.54, 1.807) is 20.0 Å². The Morgan fingerprint density at radius 2 is 2.19 bits per heavy atom. The van der Waals surface area contributed by atoms with Gasteiger partial charge in [-0.2, -0.15) is 4.37 Å². The van der Waals surface area contributed by atoms with E-state index in [0.717, 1.165) is 24.4 Å². The van der Waals surface area contributed by atoms with Crippen molar-refractivity contribution in [3.63, 3.8) is 0 Å². The molecular weight excluding hydrogens is 290 g/mol. The molecule has 6 nitrogen and oxygen atoms in total. The van der Waals surface area contributed by atoms with Gasteiger partial charge in [-0.1, -0.05) is 0 Å². The lowest BCUT2D eigenvalue weighted by molar-refractivity contribution is 0.0697. The van der Waals surface area contributed by atoms with Crippen molar-refractivity contribution in [1.29, 1.82) is 0 Å². The molecule has 7 heteroatoms. The molecule has 110 valence electrons. The van der Waals surface area contributed by atoms with Crippen LogP contribution in [0.25, 0.3) is 0 Å². The second kappa shape index (κ2) is 5.00. The van der Waals surface area contributed by atoms with E-state index in [1.807, 2.05) is 16.8 Å². The summed E-state index contributed by atoms with van der Waals surface area (Å²) in [6.45, 7) is 1.63. The van der Waals surface area contributed by atoms with Gasteiger partial charge in [0, 0.05) is 19.3 Å². The fourth-order valence-electron chi connectivity index (χ4n) is 2.34. The van der Waals surface area contributed by atoms with E-state index in [9.17, 15) is 14.7 Å². The van der Waals surface area contributed by atoms with E-state index in [1.165, 1.54) is 4.90 Å². The number of anilines is 1. The molecule has 0 spiro atoms. The van der Waals surface area contributed by atoms with Crippen LogP contribution in [0.3, 0.4) is 0 Å². The van der Waals surface area contributed by atoms with Gasteiger partial charge in [0.25, 0.3) is 5.91 Å². The molecule has 0 unspecified atom stereocenters. The summed E-state index contributed by atoms with van der Waals surface area (Å²) in [5.74, 6) is -1.27. The maximum absolute atomic E-state index is 12.6. The molecule has 0 aromatic carbocycles. The Morgan fingerprint density at radius 1 is 1.48 bits per heavy atom. The van der Waals surface area contributed by atoms with Gasteiger partial charge in [0.2, 0.25) is 0 Å². The van der Waals surface area contributed by atoms with Crippen LogP contribution in [0.4, 0.5) is 5.00 Å². The van der Waals surface area contributed by atoms with E-state index in [4.69, 9.17) is 0 Å². The van der Waals surface area contributed by atoms with Gasteiger partial charge in [-0.3, -0.25) is 9.69 Å². The minimum atomic E-state index is -1.06. The molecule has 1 aliphatic rings. The van der Waals surface area contributed by atoms with Crippen molar-refractivity contribution in [2.75, 3.05) is 11.9 Å². The van der Waals surface area contributed by atoms with Crippen LogP contribution >= 0.6 is 11.5 Å². The summed E-state index contributed by atoms with van der Waals surface area (Å²) in [6.07, 6.45) is 4.06. The van der Waals surface area contributed by atoms with Gasteiger partial charge in [-0.25, -0.2) is 4.79 Å². The summed E-state index contributed by atoms with van der Waals surface area (Å²) in [5, 5.41) is 9.64. The van der Waals surface area contributed by atoms with Gasteiger partial charge < -0.3 is 9.67 Å². The monoisotopic (exact) mass is 305 g/mol. The average Bonchev–Trinajstić information content (AvgIpc) is 3.04. The zero-order valence-corrected chi connectivity index (χ0v) is 12.6. The summed E-state index contributed by atoms with van der Waals surface area (Å²) in [7, 11) is 1.59. The van der Waals surface area contributed by atoms with Gasteiger partial charge in [0.1, 0.15) is 16.3 Å². The minimum absolute atomic E-state index is 0.0976. The highest BCUT2D eigenvalue weighted by molar-refractivity contribution is 7.11. The first-order valence-corrected chi connectivity index (χ1v) is 7.42. The van der Waals surface area contributed by atoms with Crippen LogP contribution in [0.5, 0.6) is 0 Å². The zero-order chi connectivity index (χ0) is 15.1. The SMILES string of the molecule is Cc1nsc(N(C)C(=O)c2cccn2C2CC2)c1C(=O)O. The molecule has 21 heavy (non-hydrogen) atoms. The number of rotatable bonds is 4. The number of amides is 1. The highest BCUT2D eigenvalue weighted by atomic mass is 32.1. The number of aryl methyl sites for hydroxylation is 1. The number of aromatic carboxylic acids is 1. The maximum atomic E-state index is 12.6. The molecule has 2 heterocycles. The lowest BCUT2D eigenvalue weighted by atomic mass is 10.2. The number of aromatic nitrogens is 2. The van der Waals surface area contributed by atoms with Crippen molar-refractivity contribution in [3.05, 3.63) is 35.3 Å². The molecule has 2 aromatic rings. The highest BCUT2D eigenvalue weighted by Crippen LogP contribution is 2.37. The fourth-order valence-corrected chi connectivity index (χ4v) is 3.19. The van der Waals surface area contributed by atoms with E-state index in [2.05, 4.69) is 4.37 Å². The van der Waals surface area contributed by atoms with Crippen LogP contribution in [0, 0.1) is 6.92 Å². The van der Waals surface area contributed by atoms with E-state index in [-0.39, 0.29) is 11.5 Å². The van der Waals surface area contributed by atoms with Crippen LogP contribution in [-0.2, 0) is 0 Å². The molecule has 0 aliphatic heterocycles. The Labute approximate surface area is 125 Å². The number of carboxylic acids is 1. The number of nitrogens with zero attached hydrogens (tertiary/aromatic N) is 3. The molecule has 0 radical (unpaired) electrons. The Morgan fingerprint density at radius 3 is 2.81 bits per heavy atom. The first-order valence-electron chi connectivity index (χ1n) is 6.65. The maximum Gasteiger partial charge on any atom is 0.340 e. The molecule has 1 aliphatic carbocycles. The summed E-state index contributed by atoms with van der Waals surface area (Å²) in [4.78, 5) is 25.3. The third-order valence-electron chi connectivity index (χ3n) is 3.61. The molecule has 1 amide bonds. The minimum Gasteiger partial charge on any atom is -0.478 e. The normalized spacial score (nSPS) is 14.2. The first kappa shape index (κ1) is 13.8. The summed E-state index contributed by atoms with van der Waals surface area (Å²) < 4.78 is 6.02. The molecule has 3 rings (SSSR count). The largest absolute Gasteiger partial charge is 0.478 e. The predicted molar refractivity (Wildman–Crippen MR) is 79.2 cm³/mol. The van der Waals surface area contributed by atoms with Gasteiger partial charge in [0.15, 0.2) is 0 Å². The quantitative estimate of drug-likeness (QED) is 0.942. The van der Waals surface area contributed by atoms with E-state index < -0.39 is 5.97 Å². The number of carbonyl (C=O) groups excluding carboxylic acids is 1. The van der Waals surface area contributed by atoms with Crippen LogP contribution < -0.4 is 4.90 Å². The molecule has 1 N–H and O–H groups in total. The van der Waals surface area contributed by atoms with Gasteiger partial charge in [-0.05, 0) is 43.4 Å². The van der Waals surface area contributed by atoms with E-state index in [0.29, 0.717) is 22.4 Å². The van der Waals surface area contributed by atoms with Crippen LogP contribution in [-0.4, -0.2) is 33.0 Å². The smallest absolute Gasteiger partial charge is 0.340 e. The van der Waals surface area contributed by atoms with Gasteiger partial charge >= 0.3 is 5.97 Å². The molecule has 2 aromatic heterocycles. The van der Waals surface area contributed by atoms with Gasteiger partial charge in [-0.15, -0.1) is 0 Å². The summed E-state index contributed by atoms with van der Waals surface area (Å²) in [5.41, 5.74) is 1.11. The van der Waals surface area contributed by atoms with Crippen LogP contribution in [0.2, 0.25) is 0 Å². The van der Waals surface area contributed by atoms with Gasteiger partial charge in [0.05, 0.1) is 5.69 Å². The number of carboxylic acid groups (broad SMARTS) is 1.